The van der Waals surface area contributed by atoms with Gasteiger partial charge in [0.05, 0.1) is 10.9 Å². The van der Waals surface area contributed by atoms with E-state index >= 15 is 0 Å². The molecule has 4 nitrogen and oxygen atoms in total. The van der Waals surface area contributed by atoms with Gasteiger partial charge in [0, 0.05) is 17.1 Å². The molecule has 0 spiro atoms. The van der Waals surface area contributed by atoms with Crippen LogP contribution in [-0.4, -0.2) is 13.4 Å². The smallest absolute Gasteiger partial charge is 0.241 e. The summed E-state index contributed by atoms with van der Waals surface area (Å²) in [6.45, 7) is 0. The largest absolute Gasteiger partial charge is 0.361 e. The number of rotatable bonds is 5. The molecule has 1 aromatic heterocycles. The van der Waals surface area contributed by atoms with Crippen LogP contribution in [0.5, 0.6) is 0 Å². The van der Waals surface area contributed by atoms with E-state index in [0.717, 1.165) is 42.1 Å². The van der Waals surface area contributed by atoms with Crippen LogP contribution in [0, 0.1) is 5.92 Å². The fourth-order valence-corrected chi connectivity index (χ4v) is 5.37. The van der Waals surface area contributed by atoms with Crippen LogP contribution < -0.4 is 4.72 Å². The van der Waals surface area contributed by atoms with Crippen LogP contribution in [0.15, 0.2) is 65.7 Å². The molecule has 0 amide bonds. The lowest BCUT2D eigenvalue weighted by Crippen LogP contribution is -2.34. The first-order chi connectivity index (χ1) is 12.6. The quantitative estimate of drug-likeness (QED) is 0.681. The Bertz CT molecular complexity index is 973. The highest BCUT2D eigenvalue weighted by Crippen LogP contribution is 2.38. The molecule has 1 heterocycles. The van der Waals surface area contributed by atoms with Crippen molar-refractivity contribution in [3.63, 3.8) is 0 Å². The Labute approximate surface area is 154 Å². The first-order valence-electron chi connectivity index (χ1n) is 9.28. The van der Waals surface area contributed by atoms with Crippen molar-refractivity contribution in [2.24, 2.45) is 5.92 Å². The van der Waals surface area contributed by atoms with Crippen molar-refractivity contribution in [1.29, 1.82) is 0 Å². The molecule has 0 radical (unpaired) electrons. The summed E-state index contributed by atoms with van der Waals surface area (Å²) in [5.41, 5.74) is 2.09. The second-order valence-electron chi connectivity index (χ2n) is 7.10. The van der Waals surface area contributed by atoms with Crippen molar-refractivity contribution in [3.05, 3.63) is 66.4 Å². The lowest BCUT2D eigenvalue weighted by atomic mass is 9.81. The molecule has 1 unspecified atom stereocenters. The first-order valence-corrected chi connectivity index (χ1v) is 10.8. The van der Waals surface area contributed by atoms with Crippen molar-refractivity contribution in [2.45, 2.75) is 43.0 Å². The predicted molar refractivity (Wildman–Crippen MR) is 104 cm³/mol. The normalized spacial score (nSPS) is 17.4. The number of nitrogens with one attached hydrogen (secondary N) is 2. The van der Waals surface area contributed by atoms with Crippen LogP contribution in [0.1, 0.15) is 43.7 Å². The molecule has 26 heavy (non-hydrogen) atoms. The Hall–Kier alpha value is -2.11. The summed E-state index contributed by atoms with van der Waals surface area (Å²) < 4.78 is 29.0. The number of sulfonamides is 1. The minimum Gasteiger partial charge on any atom is -0.361 e. The van der Waals surface area contributed by atoms with E-state index < -0.39 is 10.0 Å². The van der Waals surface area contributed by atoms with Gasteiger partial charge < -0.3 is 4.98 Å². The molecule has 0 bridgehead atoms. The van der Waals surface area contributed by atoms with Crippen molar-refractivity contribution in [1.82, 2.24) is 9.71 Å². The summed E-state index contributed by atoms with van der Waals surface area (Å²) in [6, 6.07) is 16.5. The maximum Gasteiger partial charge on any atom is 0.241 e. The minimum atomic E-state index is -3.57. The van der Waals surface area contributed by atoms with Crippen molar-refractivity contribution in [2.75, 3.05) is 0 Å². The van der Waals surface area contributed by atoms with Gasteiger partial charge in [0.2, 0.25) is 10.0 Å². The molecule has 1 fully saturated rings. The zero-order valence-corrected chi connectivity index (χ0v) is 15.5. The van der Waals surface area contributed by atoms with Gasteiger partial charge in [-0.1, -0.05) is 55.7 Å². The van der Waals surface area contributed by atoms with E-state index in [1.165, 1.54) is 6.42 Å². The third-order valence-corrected chi connectivity index (χ3v) is 6.87. The molecule has 1 aliphatic rings. The predicted octanol–water partition coefficient (Wildman–Crippen LogP) is 4.77. The average molecular weight is 369 g/mol. The number of hydrogen-bond acceptors (Lipinski definition) is 2. The Morgan fingerprint density at radius 1 is 0.923 bits per heavy atom. The molecule has 0 aliphatic heterocycles. The Kier molecular flexibility index (Phi) is 4.83. The number of aromatic nitrogens is 1. The summed E-state index contributed by atoms with van der Waals surface area (Å²) in [5.74, 6) is 0.321. The van der Waals surface area contributed by atoms with Gasteiger partial charge in [-0.2, -0.15) is 0 Å². The number of fused-ring (bicyclic) bond motifs is 1. The Morgan fingerprint density at radius 3 is 2.38 bits per heavy atom. The van der Waals surface area contributed by atoms with Gasteiger partial charge in [0.25, 0.3) is 0 Å². The highest BCUT2D eigenvalue weighted by molar-refractivity contribution is 7.89. The number of H-pyrrole nitrogens is 1. The molecule has 3 aromatic rings. The van der Waals surface area contributed by atoms with E-state index in [2.05, 4.69) is 15.8 Å². The van der Waals surface area contributed by atoms with E-state index in [0.29, 0.717) is 10.8 Å². The molecule has 136 valence electrons. The van der Waals surface area contributed by atoms with Crippen molar-refractivity contribution >= 4 is 20.9 Å². The highest BCUT2D eigenvalue weighted by atomic mass is 32.2. The van der Waals surface area contributed by atoms with Gasteiger partial charge in [0.15, 0.2) is 0 Å². The van der Waals surface area contributed by atoms with Crippen LogP contribution in [0.4, 0.5) is 0 Å². The Morgan fingerprint density at radius 2 is 1.62 bits per heavy atom. The van der Waals surface area contributed by atoms with E-state index in [9.17, 15) is 8.42 Å². The SMILES string of the molecule is O=S(=O)(NC(c1c[nH]c2ccccc12)C1CCCCC1)c1ccccc1. The van der Waals surface area contributed by atoms with Crippen LogP contribution in [0.2, 0.25) is 0 Å². The van der Waals surface area contributed by atoms with Crippen LogP contribution in [0.25, 0.3) is 10.9 Å². The topological polar surface area (TPSA) is 62.0 Å². The number of aromatic amines is 1. The molecular weight excluding hydrogens is 344 g/mol. The molecule has 0 saturated heterocycles. The summed E-state index contributed by atoms with van der Waals surface area (Å²) in [4.78, 5) is 3.62. The van der Waals surface area contributed by atoms with Crippen molar-refractivity contribution in [3.8, 4) is 0 Å². The third-order valence-electron chi connectivity index (χ3n) is 5.41. The van der Waals surface area contributed by atoms with E-state index in [1.54, 1.807) is 24.3 Å². The molecule has 2 aromatic carbocycles. The molecule has 1 saturated carbocycles. The third kappa shape index (κ3) is 3.41. The fraction of sp³-hybridized carbons (Fsp3) is 0.333. The van der Waals surface area contributed by atoms with Gasteiger partial charge in [-0.15, -0.1) is 0 Å². The lowest BCUT2D eigenvalue weighted by Gasteiger charge is -2.30. The van der Waals surface area contributed by atoms with Gasteiger partial charge >= 0.3 is 0 Å². The minimum absolute atomic E-state index is 0.211. The van der Waals surface area contributed by atoms with Crippen molar-refractivity contribution < 1.29 is 8.42 Å². The van der Waals surface area contributed by atoms with E-state index in [4.69, 9.17) is 0 Å². The van der Waals surface area contributed by atoms with Gasteiger partial charge in [-0.3, -0.25) is 0 Å². The van der Waals surface area contributed by atoms with E-state index in [1.807, 2.05) is 30.5 Å². The number of benzene rings is 2. The van der Waals surface area contributed by atoms with E-state index in [-0.39, 0.29) is 6.04 Å². The molecule has 4 rings (SSSR count). The summed E-state index contributed by atoms with van der Waals surface area (Å²) in [5, 5.41) is 1.10. The number of hydrogen-bond donors (Lipinski definition) is 2. The van der Waals surface area contributed by atoms with Crippen LogP contribution in [-0.2, 0) is 10.0 Å². The zero-order valence-electron chi connectivity index (χ0n) is 14.7. The van der Waals surface area contributed by atoms with Crippen LogP contribution >= 0.6 is 0 Å². The second kappa shape index (κ2) is 7.25. The van der Waals surface area contributed by atoms with Crippen LogP contribution in [0.3, 0.4) is 0 Å². The summed E-state index contributed by atoms with van der Waals surface area (Å²) in [7, 11) is -3.57. The standard InChI is InChI=1S/C21H24N2O2S/c24-26(25,17-11-5-2-6-12-17)23-21(16-9-3-1-4-10-16)19-15-22-20-14-8-7-13-18(19)20/h2,5-8,11-16,21-23H,1,3-4,9-10H2. The summed E-state index contributed by atoms with van der Waals surface area (Å²) in [6.07, 6.45) is 7.65. The Balaban J connectivity index is 1.74. The second-order valence-corrected chi connectivity index (χ2v) is 8.81. The lowest BCUT2D eigenvalue weighted by molar-refractivity contribution is 0.295. The molecule has 1 atom stereocenters. The maximum atomic E-state index is 13.0. The molecule has 1 aliphatic carbocycles. The van der Waals surface area contributed by atoms with Gasteiger partial charge in [0.1, 0.15) is 0 Å². The van der Waals surface area contributed by atoms with Gasteiger partial charge in [-0.25, -0.2) is 13.1 Å². The monoisotopic (exact) mass is 368 g/mol. The molecule has 5 heteroatoms. The highest BCUT2D eigenvalue weighted by Gasteiger charge is 2.31. The zero-order chi connectivity index (χ0) is 18.0. The molecular formula is C21H24N2O2S. The molecule has 2 N–H and O–H groups in total. The summed E-state index contributed by atoms with van der Waals surface area (Å²) >= 11 is 0. The first kappa shape index (κ1) is 17.3. The maximum absolute atomic E-state index is 13.0. The van der Waals surface area contributed by atoms with Gasteiger partial charge in [-0.05, 0) is 42.5 Å². The number of para-hydroxylation sites is 1. The fourth-order valence-electron chi connectivity index (χ4n) is 4.07. The average Bonchev–Trinajstić information content (AvgIpc) is 3.11.